The largest absolute Gasteiger partial charge is 0.380 e. The lowest BCUT2D eigenvalue weighted by Crippen LogP contribution is -2.26. The number of benzene rings is 2. The maximum atomic E-state index is 12.9. The predicted molar refractivity (Wildman–Crippen MR) is 105 cm³/mol. The van der Waals surface area contributed by atoms with Crippen LogP contribution in [0.3, 0.4) is 0 Å². The first-order chi connectivity index (χ1) is 13.1. The number of hydrogen-bond donors (Lipinski definition) is 2. The highest BCUT2D eigenvalue weighted by Crippen LogP contribution is 2.16. The van der Waals surface area contributed by atoms with E-state index in [1.807, 2.05) is 24.3 Å². The van der Waals surface area contributed by atoms with Crippen molar-refractivity contribution in [3.63, 3.8) is 0 Å². The number of aromatic nitrogens is 1. The number of anilines is 1. The summed E-state index contributed by atoms with van der Waals surface area (Å²) in [5.41, 5.74) is 3.10. The summed E-state index contributed by atoms with van der Waals surface area (Å²) in [4.78, 5) is 16.3. The van der Waals surface area contributed by atoms with Crippen LogP contribution in [0.15, 0.2) is 66.9 Å². The Bertz CT molecular complexity index is 898. The van der Waals surface area contributed by atoms with Crippen molar-refractivity contribution in [2.75, 3.05) is 11.9 Å². The summed E-state index contributed by atoms with van der Waals surface area (Å²) >= 11 is 6.13. The van der Waals surface area contributed by atoms with Gasteiger partial charge in [0.05, 0.1) is 11.9 Å². The summed E-state index contributed by atoms with van der Waals surface area (Å²) in [6, 6.07) is 17.3. The zero-order valence-corrected chi connectivity index (χ0v) is 15.3. The molecule has 138 valence electrons. The van der Waals surface area contributed by atoms with Crippen LogP contribution >= 0.6 is 11.6 Å². The maximum Gasteiger partial charge on any atom is 0.269 e. The van der Waals surface area contributed by atoms with Crippen molar-refractivity contribution in [3.8, 4) is 0 Å². The molecule has 0 fully saturated rings. The lowest BCUT2D eigenvalue weighted by Gasteiger charge is -2.09. The highest BCUT2D eigenvalue weighted by molar-refractivity contribution is 6.31. The van der Waals surface area contributed by atoms with Crippen molar-refractivity contribution < 1.29 is 9.18 Å². The summed E-state index contributed by atoms with van der Waals surface area (Å²) in [6.45, 7) is 1.03. The van der Waals surface area contributed by atoms with Gasteiger partial charge in [0.2, 0.25) is 0 Å². The summed E-state index contributed by atoms with van der Waals surface area (Å²) in [6.07, 6.45) is 2.25. The van der Waals surface area contributed by atoms with Crippen LogP contribution in [0.1, 0.15) is 21.6 Å². The fourth-order valence-corrected chi connectivity index (χ4v) is 2.74. The molecule has 2 aromatic carbocycles. The molecule has 3 rings (SSSR count). The van der Waals surface area contributed by atoms with E-state index in [4.69, 9.17) is 11.6 Å². The van der Waals surface area contributed by atoms with E-state index in [0.29, 0.717) is 30.2 Å². The Kier molecular flexibility index (Phi) is 6.39. The number of carbonyl (C=O) groups is 1. The second kappa shape index (κ2) is 9.14. The van der Waals surface area contributed by atoms with Crippen LogP contribution < -0.4 is 10.6 Å². The molecule has 4 nitrogen and oxygen atoms in total. The topological polar surface area (TPSA) is 54.0 Å². The third-order valence-corrected chi connectivity index (χ3v) is 4.42. The molecule has 0 radical (unpaired) electrons. The third kappa shape index (κ3) is 5.53. The van der Waals surface area contributed by atoms with E-state index in [0.717, 1.165) is 16.8 Å². The number of nitrogens with zero attached hydrogens (tertiary/aromatic N) is 1. The summed E-state index contributed by atoms with van der Waals surface area (Å²) < 4.78 is 12.9. The molecule has 1 amide bonds. The number of carbonyl (C=O) groups excluding carboxylic acids is 1. The molecule has 0 bridgehead atoms. The van der Waals surface area contributed by atoms with Crippen LogP contribution in [-0.2, 0) is 13.0 Å². The van der Waals surface area contributed by atoms with Gasteiger partial charge in [-0.25, -0.2) is 9.37 Å². The van der Waals surface area contributed by atoms with Crippen molar-refractivity contribution in [3.05, 3.63) is 94.5 Å². The van der Waals surface area contributed by atoms with Crippen molar-refractivity contribution in [1.29, 1.82) is 0 Å². The molecule has 0 aliphatic rings. The summed E-state index contributed by atoms with van der Waals surface area (Å²) in [5.74, 6) is -0.509. The van der Waals surface area contributed by atoms with Crippen LogP contribution in [-0.4, -0.2) is 17.4 Å². The van der Waals surface area contributed by atoms with Gasteiger partial charge in [0.25, 0.3) is 5.91 Å². The van der Waals surface area contributed by atoms with E-state index in [-0.39, 0.29) is 11.7 Å². The Morgan fingerprint density at radius 2 is 1.81 bits per heavy atom. The maximum absolute atomic E-state index is 12.9. The van der Waals surface area contributed by atoms with Gasteiger partial charge in [-0.05, 0) is 47.9 Å². The minimum absolute atomic E-state index is 0.241. The van der Waals surface area contributed by atoms with E-state index in [1.54, 1.807) is 30.5 Å². The first-order valence-electron chi connectivity index (χ1n) is 8.58. The van der Waals surface area contributed by atoms with Crippen LogP contribution in [0.5, 0.6) is 0 Å². The molecule has 0 atom stereocenters. The minimum atomic E-state index is -0.268. The second-order valence-electron chi connectivity index (χ2n) is 6.01. The number of rotatable bonds is 7. The minimum Gasteiger partial charge on any atom is -0.380 e. The molecule has 2 N–H and O–H groups in total. The van der Waals surface area contributed by atoms with Gasteiger partial charge < -0.3 is 10.6 Å². The first-order valence-corrected chi connectivity index (χ1v) is 8.95. The number of amides is 1. The Morgan fingerprint density at radius 1 is 1.04 bits per heavy atom. The summed E-state index contributed by atoms with van der Waals surface area (Å²) in [5, 5.41) is 6.75. The zero-order valence-electron chi connectivity index (χ0n) is 14.6. The van der Waals surface area contributed by atoms with Crippen molar-refractivity contribution in [1.82, 2.24) is 10.3 Å². The SMILES string of the molecule is O=C(NCCc1ccc(F)cc1)c1ccc(NCc2ccccc2Cl)cn1. The van der Waals surface area contributed by atoms with E-state index >= 15 is 0 Å². The average molecular weight is 384 g/mol. The smallest absolute Gasteiger partial charge is 0.269 e. The molecule has 0 saturated heterocycles. The van der Waals surface area contributed by atoms with Gasteiger partial charge in [-0.1, -0.05) is 41.9 Å². The van der Waals surface area contributed by atoms with Crippen LogP contribution in [0.2, 0.25) is 5.02 Å². The number of pyridine rings is 1. The zero-order chi connectivity index (χ0) is 19.1. The number of halogens is 2. The average Bonchev–Trinajstić information content (AvgIpc) is 2.69. The number of hydrogen-bond acceptors (Lipinski definition) is 3. The van der Waals surface area contributed by atoms with E-state index < -0.39 is 0 Å². The van der Waals surface area contributed by atoms with E-state index in [9.17, 15) is 9.18 Å². The van der Waals surface area contributed by atoms with Gasteiger partial charge in [0.15, 0.2) is 0 Å². The van der Waals surface area contributed by atoms with Crippen molar-refractivity contribution >= 4 is 23.2 Å². The lowest BCUT2D eigenvalue weighted by molar-refractivity contribution is 0.0949. The first kappa shape index (κ1) is 18.9. The van der Waals surface area contributed by atoms with Gasteiger partial charge in [0.1, 0.15) is 11.5 Å². The van der Waals surface area contributed by atoms with Crippen molar-refractivity contribution in [2.24, 2.45) is 0 Å². The Balaban J connectivity index is 1.48. The second-order valence-corrected chi connectivity index (χ2v) is 6.42. The molecule has 6 heteroatoms. The van der Waals surface area contributed by atoms with Gasteiger partial charge >= 0.3 is 0 Å². The van der Waals surface area contributed by atoms with Gasteiger partial charge in [0, 0.05) is 18.1 Å². The van der Waals surface area contributed by atoms with Gasteiger partial charge in [-0.3, -0.25) is 4.79 Å². The molecule has 0 unspecified atom stereocenters. The third-order valence-electron chi connectivity index (χ3n) is 4.05. The highest BCUT2D eigenvalue weighted by atomic mass is 35.5. The van der Waals surface area contributed by atoms with Crippen LogP contribution in [0.25, 0.3) is 0 Å². The Hall–Kier alpha value is -2.92. The molecule has 27 heavy (non-hydrogen) atoms. The van der Waals surface area contributed by atoms with Crippen LogP contribution in [0.4, 0.5) is 10.1 Å². The molecule has 0 aliphatic carbocycles. The Morgan fingerprint density at radius 3 is 2.52 bits per heavy atom. The van der Waals surface area contributed by atoms with E-state index in [2.05, 4.69) is 15.6 Å². The predicted octanol–water partition coefficient (Wildman–Crippen LogP) is 4.46. The quantitative estimate of drug-likeness (QED) is 0.633. The molecule has 1 aromatic heterocycles. The highest BCUT2D eigenvalue weighted by Gasteiger charge is 2.07. The molecule has 3 aromatic rings. The van der Waals surface area contributed by atoms with E-state index in [1.165, 1.54) is 12.1 Å². The molecular formula is C21H19ClFN3O. The normalized spacial score (nSPS) is 10.4. The van der Waals surface area contributed by atoms with Gasteiger partial charge in [-0.15, -0.1) is 0 Å². The van der Waals surface area contributed by atoms with Crippen molar-refractivity contribution in [2.45, 2.75) is 13.0 Å². The number of nitrogens with one attached hydrogen (secondary N) is 2. The molecule has 0 spiro atoms. The standard InChI is InChI=1S/C21H19ClFN3O/c22-19-4-2-1-3-16(19)13-25-18-9-10-20(26-14-18)21(27)24-12-11-15-5-7-17(23)8-6-15/h1-10,14,25H,11-13H2,(H,24,27). The molecule has 0 aliphatic heterocycles. The summed E-state index contributed by atoms with van der Waals surface area (Å²) in [7, 11) is 0. The molecule has 1 heterocycles. The molecule has 0 saturated carbocycles. The Labute approximate surface area is 162 Å². The van der Waals surface area contributed by atoms with Gasteiger partial charge in [-0.2, -0.15) is 0 Å². The lowest BCUT2D eigenvalue weighted by atomic mass is 10.1. The van der Waals surface area contributed by atoms with Crippen LogP contribution in [0, 0.1) is 5.82 Å². The monoisotopic (exact) mass is 383 g/mol. The molecular weight excluding hydrogens is 365 g/mol. The fraction of sp³-hybridized carbons (Fsp3) is 0.143. The fourth-order valence-electron chi connectivity index (χ4n) is 2.53.